The standard InChI is InChI=1S/C17H32N2O4S/c1-7-17(8-2)14(11(3)15(17)23-6)18-16(20)19-9-10-24(21,22)13(5)12(19)4/h11-15H,7-10H2,1-6H3,(H,18,20). The first-order valence-corrected chi connectivity index (χ1v) is 10.7. The molecule has 1 heterocycles. The molecule has 0 aromatic carbocycles. The summed E-state index contributed by atoms with van der Waals surface area (Å²) in [6.07, 6.45) is 2.03. The van der Waals surface area contributed by atoms with Crippen LogP contribution in [-0.4, -0.2) is 62.2 Å². The number of nitrogens with one attached hydrogen (secondary N) is 1. The third kappa shape index (κ3) is 2.83. The molecule has 0 aromatic heterocycles. The second-order valence-corrected chi connectivity index (χ2v) is 9.87. The zero-order chi connectivity index (χ0) is 18.3. The number of methoxy groups -OCH3 is 1. The number of sulfone groups is 1. The van der Waals surface area contributed by atoms with Crippen LogP contribution in [0.5, 0.6) is 0 Å². The average Bonchev–Trinajstić information content (AvgIpc) is 2.55. The zero-order valence-electron chi connectivity index (χ0n) is 15.7. The number of urea groups is 1. The first-order chi connectivity index (χ1) is 11.2. The van der Waals surface area contributed by atoms with E-state index >= 15 is 0 Å². The van der Waals surface area contributed by atoms with Crippen LogP contribution in [-0.2, 0) is 14.6 Å². The van der Waals surface area contributed by atoms with E-state index in [4.69, 9.17) is 4.74 Å². The molecule has 2 aliphatic rings. The van der Waals surface area contributed by atoms with Crippen LogP contribution >= 0.6 is 0 Å². The summed E-state index contributed by atoms with van der Waals surface area (Å²) in [4.78, 5) is 14.5. The van der Waals surface area contributed by atoms with E-state index in [1.807, 2.05) is 6.92 Å². The predicted octanol–water partition coefficient (Wildman–Crippen LogP) is 2.04. The van der Waals surface area contributed by atoms with Gasteiger partial charge in [-0.15, -0.1) is 0 Å². The molecule has 24 heavy (non-hydrogen) atoms. The Bertz CT molecular complexity index is 573. The highest BCUT2D eigenvalue weighted by Gasteiger charge is 2.59. The van der Waals surface area contributed by atoms with Crippen LogP contribution in [0.4, 0.5) is 4.79 Å². The fraction of sp³-hybridized carbons (Fsp3) is 0.941. The lowest BCUT2D eigenvalue weighted by Gasteiger charge is -2.60. The Morgan fingerprint density at radius 3 is 2.33 bits per heavy atom. The van der Waals surface area contributed by atoms with Crippen molar-refractivity contribution in [2.75, 3.05) is 19.4 Å². The number of ether oxygens (including phenoxy) is 1. The highest BCUT2D eigenvalue weighted by atomic mass is 32.2. The van der Waals surface area contributed by atoms with Gasteiger partial charge >= 0.3 is 6.03 Å². The van der Waals surface area contributed by atoms with Gasteiger partial charge in [-0.1, -0.05) is 20.8 Å². The molecule has 1 saturated heterocycles. The van der Waals surface area contributed by atoms with Gasteiger partial charge in [0, 0.05) is 37.1 Å². The summed E-state index contributed by atoms with van der Waals surface area (Å²) < 4.78 is 29.7. The van der Waals surface area contributed by atoms with E-state index in [1.165, 1.54) is 0 Å². The molecule has 0 spiro atoms. The smallest absolute Gasteiger partial charge is 0.317 e. The first kappa shape index (κ1) is 19.5. The van der Waals surface area contributed by atoms with Crippen molar-refractivity contribution in [1.82, 2.24) is 10.2 Å². The molecular weight excluding hydrogens is 328 g/mol. The van der Waals surface area contributed by atoms with Crippen LogP contribution in [0, 0.1) is 11.3 Å². The molecule has 0 radical (unpaired) electrons. The maximum atomic E-state index is 12.8. The molecular formula is C17H32N2O4S. The van der Waals surface area contributed by atoms with Gasteiger partial charge in [0.05, 0.1) is 17.1 Å². The van der Waals surface area contributed by atoms with Gasteiger partial charge < -0.3 is 15.0 Å². The fourth-order valence-corrected chi connectivity index (χ4v) is 6.34. The van der Waals surface area contributed by atoms with Crippen LogP contribution in [0.25, 0.3) is 0 Å². The van der Waals surface area contributed by atoms with Gasteiger partial charge in [0.15, 0.2) is 9.84 Å². The highest BCUT2D eigenvalue weighted by molar-refractivity contribution is 7.92. The predicted molar refractivity (Wildman–Crippen MR) is 94.7 cm³/mol. The van der Waals surface area contributed by atoms with Gasteiger partial charge in [0.1, 0.15) is 0 Å². The monoisotopic (exact) mass is 360 g/mol. The molecule has 1 aliphatic carbocycles. The van der Waals surface area contributed by atoms with Gasteiger partial charge in [0.2, 0.25) is 0 Å². The molecule has 0 bridgehead atoms. The Kier molecular flexibility index (Phi) is 5.55. The van der Waals surface area contributed by atoms with E-state index < -0.39 is 15.1 Å². The van der Waals surface area contributed by atoms with Crippen LogP contribution in [0.3, 0.4) is 0 Å². The van der Waals surface area contributed by atoms with Crippen molar-refractivity contribution in [3.8, 4) is 0 Å². The van der Waals surface area contributed by atoms with Crippen LogP contribution in [0.2, 0.25) is 0 Å². The lowest BCUT2D eigenvalue weighted by Crippen LogP contribution is -2.71. The molecule has 2 amide bonds. The van der Waals surface area contributed by atoms with Crippen molar-refractivity contribution in [1.29, 1.82) is 0 Å². The molecule has 1 aliphatic heterocycles. The van der Waals surface area contributed by atoms with E-state index in [-0.39, 0.29) is 47.8 Å². The summed E-state index contributed by atoms with van der Waals surface area (Å²) in [7, 11) is -1.36. The van der Waals surface area contributed by atoms with E-state index in [1.54, 1.807) is 18.9 Å². The molecule has 7 heteroatoms. The van der Waals surface area contributed by atoms with E-state index in [0.29, 0.717) is 0 Å². The quantitative estimate of drug-likeness (QED) is 0.832. The Labute approximate surface area is 146 Å². The van der Waals surface area contributed by atoms with Crippen molar-refractivity contribution in [2.45, 2.75) is 70.9 Å². The van der Waals surface area contributed by atoms with E-state index in [0.717, 1.165) is 12.8 Å². The molecule has 5 unspecified atom stereocenters. The zero-order valence-corrected chi connectivity index (χ0v) is 16.5. The molecule has 6 nitrogen and oxygen atoms in total. The van der Waals surface area contributed by atoms with Crippen LogP contribution in [0.1, 0.15) is 47.5 Å². The van der Waals surface area contributed by atoms with Crippen molar-refractivity contribution >= 4 is 15.9 Å². The maximum Gasteiger partial charge on any atom is 0.317 e. The lowest BCUT2D eigenvalue weighted by molar-refractivity contribution is -0.164. The number of rotatable bonds is 4. The molecule has 140 valence electrons. The largest absolute Gasteiger partial charge is 0.380 e. The van der Waals surface area contributed by atoms with Crippen molar-refractivity contribution in [2.24, 2.45) is 11.3 Å². The third-order valence-corrected chi connectivity index (χ3v) is 8.93. The summed E-state index contributed by atoms with van der Waals surface area (Å²) in [5, 5.41) is 2.66. The SMILES string of the molecule is CCC1(CC)C(NC(=O)N2CCS(=O)(=O)C(C)C2C)C(C)C1OC. The Morgan fingerprint density at radius 1 is 1.25 bits per heavy atom. The minimum atomic E-state index is -3.09. The summed E-state index contributed by atoms with van der Waals surface area (Å²) in [5.41, 5.74) is -0.0411. The normalized spacial score (nSPS) is 37.6. The fourth-order valence-electron chi connectivity index (χ4n) is 4.77. The average molecular weight is 361 g/mol. The van der Waals surface area contributed by atoms with Gasteiger partial charge in [0.25, 0.3) is 0 Å². The van der Waals surface area contributed by atoms with E-state index in [9.17, 15) is 13.2 Å². The van der Waals surface area contributed by atoms with E-state index in [2.05, 4.69) is 26.1 Å². The first-order valence-electron chi connectivity index (χ1n) is 8.97. The molecule has 5 atom stereocenters. The summed E-state index contributed by atoms with van der Waals surface area (Å²) in [5.74, 6) is 0.291. The summed E-state index contributed by atoms with van der Waals surface area (Å²) in [6.45, 7) is 10.2. The highest BCUT2D eigenvalue weighted by Crippen LogP contribution is 2.52. The Hall–Kier alpha value is -0.820. The topological polar surface area (TPSA) is 75.7 Å². The molecule has 0 aromatic rings. The number of hydrogen-bond donors (Lipinski definition) is 1. The summed E-state index contributed by atoms with van der Waals surface area (Å²) in [6, 6.07) is -0.400. The third-order valence-electron chi connectivity index (χ3n) is 6.65. The minimum Gasteiger partial charge on any atom is -0.380 e. The van der Waals surface area contributed by atoms with Gasteiger partial charge in [-0.05, 0) is 26.7 Å². The van der Waals surface area contributed by atoms with Crippen molar-refractivity contribution in [3.05, 3.63) is 0 Å². The van der Waals surface area contributed by atoms with Crippen LogP contribution in [0.15, 0.2) is 0 Å². The second-order valence-electron chi connectivity index (χ2n) is 7.39. The van der Waals surface area contributed by atoms with Gasteiger partial charge in [-0.2, -0.15) is 0 Å². The van der Waals surface area contributed by atoms with Crippen molar-refractivity contribution in [3.63, 3.8) is 0 Å². The molecule has 2 fully saturated rings. The molecule has 1 N–H and O–H groups in total. The van der Waals surface area contributed by atoms with Gasteiger partial charge in [-0.25, -0.2) is 13.2 Å². The molecule has 2 rings (SSSR count). The summed E-state index contributed by atoms with van der Waals surface area (Å²) >= 11 is 0. The Morgan fingerprint density at radius 2 is 1.83 bits per heavy atom. The minimum absolute atomic E-state index is 0.0411. The van der Waals surface area contributed by atoms with Gasteiger partial charge in [-0.3, -0.25) is 0 Å². The number of nitrogens with zero attached hydrogens (tertiary/aromatic N) is 1. The number of hydrogen-bond acceptors (Lipinski definition) is 4. The van der Waals surface area contributed by atoms with Crippen LogP contribution < -0.4 is 5.32 Å². The number of amides is 2. The number of carbonyl (C=O) groups is 1. The maximum absolute atomic E-state index is 12.8. The van der Waals surface area contributed by atoms with Crippen molar-refractivity contribution < 1.29 is 17.9 Å². The lowest BCUT2D eigenvalue weighted by atomic mass is 9.53. The Balaban J connectivity index is 2.12. The number of carbonyl (C=O) groups excluding carboxylic acids is 1. The second kappa shape index (κ2) is 6.83. The molecule has 1 saturated carbocycles.